The molecule has 2 atom stereocenters. The Morgan fingerprint density at radius 3 is 2.78 bits per heavy atom. The third-order valence-corrected chi connectivity index (χ3v) is 4.08. The van der Waals surface area contributed by atoms with E-state index in [1.165, 1.54) is 25.0 Å². The van der Waals surface area contributed by atoms with Gasteiger partial charge in [-0.2, -0.15) is 0 Å². The van der Waals surface area contributed by atoms with Gasteiger partial charge in [-0.05, 0) is 49.8 Å². The molecule has 2 nitrogen and oxygen atoms in total. The highest BCUT2D eigenvalue weighted by Gasteiger charge is 2.35. The molecule has 1 fully saturated rings. The molecule has 4 heteroatoms. The van der Waals surface area contributed by atoms with Gasteiger partial charge in [0, 0.05) is 17.1 Å². The van der Waals surface area contributed by atoms with Crippen molar-refractivity contribution >= 4 is 15.9 Å². The highest BCUT2D eigenvalue weighted by atomic mass is 79.9. The zero-order valence-electron chi connectivity index (χ0n) is 10.5. The summed E-state index contributed by atoms with van der Waals surface area (Å²) in [4.78, 5) is 0. The van der Waals surface area contributed by atoms with Gasteiger partial charge in [0.2, 0.25) is 0 Å². The van der Waals surface area contributed by atoms with Crippen LogP contribution in [0, 0.1) is 11.7 Å². The molecule has 0 bridgehead atoms. The molecular weight excluding hydrogens is 297 g/mol. The predicted molar refractivity (Wildman–Crippen MR) is 73.9 cm³/mol. The van der Waals surface area contributed by atoms with Crippen LogP contribution in [0.1, 0.15) is 25.3 Å². The smallest absolute Gasteiger partial charge is 0.124 e. The van der Waals surface area contributed by atoms with Crippen LogP contribution in [-0.2, 0) is 11.2 Å². The fraction of sp³-hybridized carbons (Fsp3) is 0.571. The maximum atomic E-state index is 13.0. The molecule has 18 heavy (non-hydrogen) atoms. The van der Waals surface area contributed by atoms with E-state index in [0.717, 1.165) is 10.0 Å². The van der Waals surface area contributed by atoms with Crippen LogP contribution in [0.25, 0.3) is 0 Å². The first kappa shape index (κ1) is 14.0. The summed E-state index contributed by atoms with van der Waals surface area (Å²) in [7, 11) is 0. The van der Waals surface area contributed by atoms with Gasteiger partial charge in [-0.1, -0.05) is 22.0 Å². The van der Waals surface area contributed by atoms with Crippen LogP contribution in [0.2, 0.25) is 0 Å². The van der Waals surface area contributed by atoms with E-state index in [9.17, 15) is 4.39 Å². The van der Waals surface area contributed by atoms with Gasteiger partial charge in [-0.3, -0.25) is 0 Å². The lowest BCUT2D eigenvalue weighted by molar-refractivity contribution is 0.0287. The van der Waals surface area contributed by atoms with Crippen molar-refractivity contribution in [3.05, 3.63) is 34.1 Å². The molecule has 1 aliphatic rings. The second kappa shape index (κ2) is 6.13. The van der Waals surface area contributed by atoms with Crippen molar-refractivity contribution < 1.29 is 9.13 Å². The molecule has 0 aromatic heterocycles. The summed E-state index contributed by atoms with van der Waals surface area (Å²) in [6.07, 6.45) is 3.26. The zero-order valence-corrected chi connectivity index (χ0v) is 12.1. The van der Waals surface area contributed by atoms with E-state index in [4.69, 9.17) is 10.5 Å². The first-order valence-electron chi connectivity index (χ1n) is 6.43. The summed E-state index contributed by atoms with van der Waals surface area (Å²) in [6.45, 7) is 2.69. The molecule has 1 saturated carbocycles. The number of hydrogen-bond donors (Lipinski definition) is 1. The fourth-order valence-corrected chi connectivity index (χ4v) is 2.80. The standard InChI is InChI=1S/C14H19BrFNO/c1-2-18-14(9-3-4-9)13(17)7-10-5-6-11(16)8-12(10)15/h5-6,8-9,13-14H,2-4,7,17H2,1H3. The molecule has 0 aliphatic heterocycles. The van der Waals surface area contributed by atoms with Crippen LogP contribution in [0.4, 0.5) is 4.39 Å². The van der Waals surface area contributed by atoms with Crippen molar-refractivity contribution in [2.75, 3.05) is 6.61 Å². The van der Waals surface area contributed by atoms with Gasteiger partial charge in [0.1, 0.15) is 5.82 Å². The molecule has 2 N–H and O–H groups in total. The van der Waals surface area contributed by atoms with Gasteiger partial charge in [0.25, 0.3) is 0 Å². The molecule has 100 valence electrons. The summed E-state index contributed by atoms with van der Waals surface area (Å²) in [5.74, 6) is 0.377. The molecule has 0 heterocycles. The lowest BCUT2D eigenvalue weighted by atomic mass is 9.99. The largest absolute Gasteiger partial charge is 0.377 e. The SMILES string of the molecule is CCOC(C(N)Cc1ccc(F)cc1Br)C1CC1. The van der Waals surface area contributed by atoms with Gasteiger partial charge >= 0.3 is 0 Å². The maximum absolute atomic E-state index is 13.0. The minimum Gasteiger partial charge on any atom is -0.377 e. The zero-order chi connectivity index (χ0) is 13.1. The lowest BCUT2D eigenvalue weighted by Gasteiger charge is -2.24. The summed E-state index contributed by atoms with van der Waals surface area (Å²) < 4.78 is 19.5. The van der Waals surface area contributed by atoms with Gasteiger partial charge in [0.05, 0.1) is 6.10 Å². The summed E-state index contributed by atoms with van der Waals surface area (Å²) in [5, 5.41) is 0. The molecule has 0 spiro atoms. The van der Waals surface area contributed by atoms with Crippen molar-refractivity contribution in [3.8, 4) is 0 Å². The maximum Gasteiger partial charge on any atom is 0.124 e. The third-order valence-electron chi connectivity index (χ3n) is 3.34. The van der Waals surface area contributed by atoms with Crippen LogP contribution in [0.15, 0.2) is 22.7 Å². The highest BCUT2D eigenvalue weighted by molar-refractivity contribution is 9.10. The van der Waals surface area contributed by atoms with E-state index in [1.807, 2.05) is 6.92 Å². The lowest BCUT2D eigenvalue weighted by Crippen LogP contribution is -2.40. The Labute approximate surface area is 116 Å². The topological polar surface area (TPSA) is 35.2 Å². The first-order valence-corrected chi connectivity index (χ1v) is 7.22. The van der Waals surface area contributed by atoms with E-state index in [-0.39, 0.29) is 18.0 Å². The Bertz CT molecular complexity index is 409. The number of ether oxygens (including phenoxy) is 1. The van der Waals surface area contributed by atoms with Crippen molar-refractivity contribution in [2.24, 2.45) is 11.7 Å². The number of benzene rings is 1. The Hall–Kier alpha value is -0.450. The monoisotopic (exact) mass is 315 g/mol. The number of rotatable bonds is 6. The number of halogens is 2. The van der Waals surface area contributed by atoms with E-state index in [2.05, 4.69) is 15.9 Å². The minimum atomic E-state index is -0.234. The van der Waals surface area contributed by atoms with Crippen LogP contribution >= 0.6 is 15.9 Å². The average Bonchev–Trinajstić information content (AvgIpc) is 3.13. The fourth-order valence-electron chi connectivity index (χ4n) is 2.28. The first-order chi connectivity index (χ1) is 8.61. The minimum absolute atomic E-state index is 0.0285. The summed E-state index contributed by atoms with van der Waals surface area (Å²) in [6, 6.07) is 4.71. The molecule has 2 rings (SSSR count). The van der Waals surface area contributed by atoms with E-state index >= 15 is 0 Å². The van der Waals surface area contributed by atoms with Crippen molar-refractivity contribution in [1.29, 1.82) is 0 Å². The van der Waals surface area contributed by atoms with E-state index < -0.39 is 0 Å². The van der Waals surface area contributed by atoms with Gasteiger partial charge in [0.15, 0.2) is 0 Å². The molecular formula is C14H19BrFNO. The molecule has 0 amide bonds. The molecule has 0 radical (unpaired) electrons. The highest BCUT2D eigenvalue weighted by Crippen LogP contribution is 2.36. The predicted octanol–water partition coefficient (Wildman–Crippen LogP) is 3.27. The van der Waals surface area contributed by atoms with E-state index in [0.29, 0.717) is 18.9 Å². The quantitative estimate of drug-likeness (QED) is 0.874. The summed E-state index contributed by atoms with van der Waals surface area (Å²) in [5.41, 5.74) is 7.28. The second-order valence-electron chi connectivity index (χ2n) is 4.86. The van der Waals surface area contributed by atoms with Gasteiger partial charge in [-0.25, -0.2) is 4.39 Å². The molecule has 1 aromatic carbocycles. The Balaban J connectivity index is 2.02. The van der Waals surface area contributed by atoms with Crippen molar-refractivity contribution in [1.82, 2.24) is 0 Å². The third kappa shape index (κ3) is 3.53. The second-order valence-corrected chi connectivity index (χ2v) is 5.72. The normalized spacial score (nSPS) is 18.7. The van der Waals surface area contributed by atoms with E-state index in [1.54, 1.807) is 6.07 Å². The Kier molecular flexibility index (Phi) is 4.76. The molecule has 1 aliphatic carbocycles. The number of nitrogens with two attached hydrogens (primary N) is 1. The number of hydrogen-bond acceptors (Lipinski definition) is 2. The van der Waals surface area contributed by atoms with Gasteiger partial charge < -0.3 is 10.5 Å². The van der Waals surface area contributed by atoms with Gasteiger partial charge in [-0.15, -0.1) is 0 Å². The van der Waals surface area contributed by atoms with Crippen LogP contribution < -0.4 is 5.73 Å². The van der Waals surface area contributed by atoms with Crippen LogP contribution in [0.3, 0.4) is 0 Å². The molecule has 1 aromatic rings. The molecule has 0 saturated heterocycles. The van der Waals surface area contributed by atoms with Crippen LogP contribution in [-0.4, -0.2) is 18.8 Å². The Morgan fingerprint density at radius 1 is 1.50 bits per heavy atom. The average molecular weight is 316 g/mol. The van der Waals surface area contributed by atoms with Crippen LogP contribution in [0.5, 0.6) is 0 Å². The van der Waals surface area contributed by atoms with Crippen molar-refractivity contribution in [3.63, 3.8) is 0 Å². The molecule has 2 unspecified atom stereocenters. The van der Waals surface area contributed by atoms with Crippen molar-refractivity contribution in [2.45, 2.75) is 38.3 Å². The summed E-state index contributed by atoms with van der Waals surface area (Å²) >= 11 is 3.38. The Morgan fingerprint density at radius 2 is 2.22 bits per heavy atom.